The Balaban J connectivity index is 1.96. The van der Waals surface area contributed by atoms with Crippen LogP contribution in [-0.4, -0.2) is 20.7 Å². The summed E-state index contributed by atoms with van der Waals surface area (Å²) in [5.74, 6) is -0.936. The first-order valence-electron chi connectivity index (χ1n) is 7.25. The lowest BCUT2D eigenvalue weighted by atomic mass is 10.0. The quantitative estimate of drug-likeness (QED) is 0.867. The summed E-state index contributed by atoms with van der Waals surface area (Å²) in [6, 6.07) is 10.9. The average Bonchev–Trinajstić information content (AvgIpc) is 2.50. The van der Waals surface area contributed by atoms with Crippen LogP contribution in [0.25, 0.3) is 0 Å². The van der Waals surface area contributed by atoms with Crippen LogP contribution in [0.3, 0.4) is 0 Å². The Labute approximate surface area is 134 Å². The molecule has 23 heavy (non-hydrogen) atoms. The summed E-state index contributed by atoms with van der Waals surface area (Å²) in [6.45, 7) is 2.02. The van der Waals surface area contributed by atoms with Crippen LogP contribution in [0.15, 0.2) is 42.5 Å². The number of ketones is 1. The first kappa shape index (κ1) is 15.7. The summed E-state index contributed by atoms with van der Waals surface area (Å²) in [7, 11) is -3.64. The van der Waals surface area contributed by atoms with Crippen LogP contribution in [0.5, 0.6) is 0 Å². The van der Waals surface area contributed by atoms with E-state index in [1.165, 1.54) is 16.4 Å². The minimum Gasteiger partial charge on any atom is -0.294 e. The van der Waals surface area contributed by atoms with Gasteiger partial charge in [-0.05, 0) is 30.7 Å². The molecule has 0 bridgehead atoms. The van der Waals surface area contributed by atoms with Crippen molar-refractivity contribution in [1.82, 2.24) is 0 Å². The minimum absolute atomic E-state index is 0.0591. The Morgan fingerprint density at radius 2 is 1.83 bits per heavy atom. The number of benzene rings is 2. The number of rotatable bonds is 3. The second-order valence-electron chi connectivity index (χ2n) is 5.65. The molecule has 2 aromatic carbocycles. The van der Waals surface area contributed by atoms with Gasteiger partial charge in [-0.15, -0.1) is 0 Å². The lowest BCUT2D eigenvalue weighted by molar-refractivity contribution is 0.0981. The topological polar surface area (TPSA) is 54.5 Å². The predicted molar refractivity (Wildman–Crippen MR) is 86.5 cm³/mol. The fraction of sp³-hybridized carbons (Fsp3) is 0.235. The smallest absolute Gasteiger partial charge is 0.239 e. The van der Waals surface area contributed by atoms with Gasteiger partial charge in [0.1, 0.15) is 5.82 Å². The van der Waals surface area contributed by atoms with Crippen molar-refractivity contribution in [3.05, 3.63) is 65.0 Å². The zero-order valence-corrected chi connectivity index (χ0v) is 13.4. The van der Waals surface area contributed by atoms with Crippen LogP contribution in [0.1, 0.15) is 27.9 Å². The number of hydrogen-bond acceptors (Lipinski definition) is 3. The Morgan fingerprint density at radius 1 is 1.13 bits per heavy atom. The maximum absolute atomic E-state index is 13.4. The molecule has 0 aliphatic carbocycles. The van der Waals surface area contributed by atoms with E-state index in [1.807, 2.05) is 19.1 Å². The van der Waals surface area contributed by atoms with Gasteiger partial charge in [-0.25, -0.2) is 12.8 Å². The molecule has 0 aromatic heterocycles. The average molecular weight is 333 g/mol. The summed E-state index contributed by atoms with van der Waals surface area (Å²) in [5.41, 5.74) is 2.12. The number of sulfonamides is 1. The fourth-order valence-corrected chi connectivity index (χ4v) is 4.27. The van der Waals surface area contributed by atoms with Gasteiger partial charge in [0.15, 0.2) is 5.78 Å². The Morgan fingerprint density at radius 3 is 2.52 bits per heavy atom. The van der Waals surface area contributed by atoms with Crippen molar-refractivity contribution in [3.63, 3.8) is 0 Å². The van der Waals surface area contributed by atoms with Crippen LogP contribution in [0.4, 0.5) is 10.1 Å². The van der Waals surface area contributed by atoms with E-state index in [0.29, 0.717) is 5.56 Å². The van der Waals surface area contributed by atoms with Gasteiger partial charge >= 0.3 is 0 Å². The lowest BCUT2D eigenvalue weighted by Gasteiger charge is -2.29. The fourth-order valence-electron chi connectivity index (χ4n) is 2.67. The van der Waals surface area contributed by atoms with Crippen molar-refractivity contribution in [2.75, 3.05) is 10.8 Å². The molecule has 6 heteroatoms. The highest BCUT2D eigenvalue weighted by atomic mass is 32.2. The lowest BCUT2D eigenvalue weighted by Crippen LogP contribution is -2.38. The number of Topliss-reactive ketones (excluding diaryl/α,β-unsaturated/α-hetero) is 1. The van der Waals surface area contributed by atoms with E-state index < -0.39 is 15.8 Å². The maximum Gasteiger partial charge on any atom is 0.239 e. The maximum atomic E-state index is 13.4. The highest BCUT2D eigenvalue weighted by Gasteiger charge is 2.31. The molecule has 3 rings (SSSR count). The predicted octanol–water partition coefficient (Wildman–Crippen LogP) is 3.06. The molecular formula is C17H16FNO3S. The molecule has 1 heterocycles. The number of carbonyl (C=O) groups is 1. The number of aryl methyl sites for hydroxylation is 1. The van der Waals surface area contributed by atoms with Gasteiger partial charge in [-0.2, -0.15) is 0 Å². The third-order valence-corrected chi connectivity index (χ3v) is 5.62. The van der Waals surface area contributed by atoms with E-state index in [9.17, 15) is 17.6 Å². The molecule has 1 aliphatic rings. The molecule has 0 radical (unpaired) electrons. The summed E-state index contributed by atoms with van der Waals surface area (Å²) in [6.07, 6.45) is 0.0591. The largest absolute Gasteiger partial charge is 0.294 e. The molecule has 0 unspecified atom stereocenters. The zero-order chi connectivity index (χ0) is 16.6. The van der Waals surface area contributed by atoms with Gasteiger partial charge in [0, 0.05) is 18.5 Å². The molecule has 0 amide bonds. The van der Waals surface area contributed by atoms with Gasteiger partial charge in [-0.1, -0.05) is 29.8 Å². The van der Waals surface area contributed by atoms with E-state index >= 15 is 0 Å². The Hall–Kier alpha value is -2.21. The molecule has 1 aliphatic heterocycles. The second-order valence-corrected chi connectivity index (χ2v) is 7.54. The van der Waals surface area contributed by atoms with Crippen LogP contribution in [0, 0.1) is 12.7 Å². The van der Waals surface area contributed by atoms with Crippen molar-refractivity contribution < 1.29 is 17.6 Å². The molecule has 120 valence electrons. The highest BCUT2D eigenvalue weighted by molar-refractivity contribution is 7.92. The second kappa shape index (κ2) is 5.77. The van der Waals surface area contributed by atoms with E-state index in [1.54, 1.807) is 12.1 Å². The number of nitrogens with zero attached hydrogens (tertiary/aromatic N) is 1. The Bertz CT molecular complexity index is 860. The first-order valence-corrected chi connectivity index (χ1v) is 8.86. The third-order valence-electron chi connectivity index (χ3n) is 3.88. The van der Waals surface area contributed by atoms with Gasteiger partial charge in [0.05, 0.1) is 11.4 Å². The van der Waals surface area contributed by atoms with Gasteiger partial charge < -0.3 is 0 Å². The Kier molecular flexibility index (Phi) is 3.93. The molecule has 0 spiro atoms. The van der Waals surface area contributed by atoms with Gasteiger partial charge in [0.25, 0.3) is 0 Å². The monoisotopic (exact) mass is 333 g/mol. The number of halogens is 1. The van der Waals surface area contributed by atoms with Crippen LogP contribution < -0.4 is 4.31 Å². The van der Waals surface area contributed by atoms with E-state index in [-0.39, 0.29) is 35.8 Å². The molecule has 0 N–H and O–H groups in total. The van der Waals surface area contributed by atoms with Crippen LogP contribution in [0.2, 0.25) is 0 Å². The molecule has 0 saturated carbocycles. The van der Waals surface area contributed by atoms with E-state index in [4.69, 9.17) is 0 Å². The van der Waals surface area contributed by atoms with Crippen molar-refractivity contribution in [2.24, 2.45) is 0 Å². The highest BCUT2D eigenvalue weighted by Crippen LogP contribution is 2.31. The molecular weight excluding hydrogens is 317 g/mol. The number of fused-ring (bicyclic) bond motifs is 1. The van der Waals surface area contributed by atoms with Gasteiger partial charge in [0.2, 0.25) is 10.0 Å². The van der Waals surface area contributed by atoms with Gasteiger partial charge in [-0.3, -0.25) is 9.10 Å². The van der Waals surface area contributed by atoms with Crippen molar-refractivity contribution in [2.45, 2.75) is 19.1 Å². The summed E-state index contributed by atoms with van der Waals surface area (Å²) in [5, 5.41) is 0. The molecule has 2 aromatic rings. The normalized spacial score (nSPS) is 14.7. The van der Waals surface area contributed by atoms with Crippen molar-refractivity contribution >= 4 is 21.5 Å². The molecule has 0 fully saturated rings. The zero-order valence-electron chi connectivity index (χ0n) is 12.6. The summed E-state index contributed by atoms with van der Waals surface area (Å²) < 4.78 is 40.0. The summed E-state index contributed by atoms with van der Waals surface area (Å²) >= 11 is 0. The van der Waals surface area contributed by atoms with Crippen LogP contribution >= 0.6 is 0 Å². The van der Waals surface area contributed by atoms with E-state index in [2.05, 4.69) is 0 Å². The number of hydrogen-bond donors (Lipinski definition) is 0. The molecule has 0 atom stereocenters. The van der Waals surface area contributed by atoms with E-state index in [0.717, 1.165) is 11.6 Å². The number of anilines is 1. The van der Waals surface area contributed by atoms with Crippen LogP contribution in [-0.2, 0) is 15.8 Å². The van der Waals surface area contributed by atoms with Crippen molar-refractivity contribution in [3.8, 4) is 0 Å². The minimum atomic E-state index is -3.64. The SMILES string of the molecule is Cc1ccc(CS(=O)(=O)N2CCC(=O)c3cc(F)ccc32)cc1. The first-order chi connectivity index (χ1) is 10.9. The molecule has 4 nitrogen and oxygen atoms in total. The van der Waals surface area contributed by atoms with Crippen molar-refractivity contribution in [1.29, 1.82) is 0 Å². The summed E-state index contributed by atoms with van der Waals surface area (Å²) in [4.78, 5) is 11.9. The molecule has 0 saturated heterocycles. The number of carbonyl (C=O) groups excluding carboxylic acids is 1. The third kappa shape index (κ3) is 3.12. The standard InChI is InChI=1S/C17H16FNO3S/c1-12-2-4-13(5-3-12)11-23(21,22)19-9-8-17(20)15-10-14(18)6-7-16(15)19/h2-7,10H,8-9,11H2,1H3.